The quantitative estimate of drug-likeness (QED) is 0.686. The summed E-state index contributed by atoms with van der Waals surface area (Å²) in [5, 5.41) is -0.194. The number of fused-ring (bicyclic) bond motifs is 1. The van der Waals surface area contributed by atoms with Gasteiger partial charge < -0.3 is 14.2 Å². The third kappa shape index (κ3) is 3.51. The van der Waals surface area contributed by atoms with Gasteiger partial charge in [-0.15, -0.1) is 0 Å². The predicted octanol–water partition coefficient (Wildman–Crippen LogP) is 3.78. The molecule has 0 spiro atoms. The van der Waals surface area contributed by atoms with Gasteiger partial charge in [-0.2, -0.15) is 0 Å². The zero-order chi connectivity index (χ0) is 18.1. The lowest BCUT2D eigenvalue weighted by Gasteiger charge is -2.18. The Hall–Kier alpha value is -1.47. The molecule has 4 rings (SSSR count). The Bertz CT molecular complexity index is 718. The molecule has 5 nitrogen and oxygen atoms in total. The number of thiocarbonyl (C=S) groups is 1. The highest BCUT2D eigenvalue weighted by Crippen LogP contribution is 2.40. The van der Waals surface area contributed by atoms with Crippen LogP contribution in [0.2, 0.25) is 0 Å². The van der Waals surface area contributed by atoms with Gasteiger partial charge in [0.1, 0.15) is 10.1 Å². The zero-order valence-electron chi connectivity index (χ0n) is 14.9. The van der Waals surface area contributed by atoms with E-state index in [0.717, 1.165) is 30.2 Å². The van der Waals surface area contributed by atoms with Crippen LogP contribution >= 0.6 is 24.0 Å². The van der Waals surface area contributed by atoms with E-state index >= 15 is 0 Å². The van der Waals surface area contributed by atoms with Gasteiger partial charge in [-0.25, -0.2) is 0 Å². The lowest BCUT2D eigenvalue weighted by atomic mass is 10.0. The van der Waals surface area contributed by atoms with Crippen LogP contribution in [-0.4, -0.2) is 40.8 Å². The average molecular weight is 394 g/mol. The first-order valence-corrected chi connectivity index (χ1v) is 10.4. The smallest absolute Gasteiger partial charge is 0.241 e. The monoisotopic (exact) mass is 393 g/mol. The fourth-order valence-electron chi connectivity index (χ4n) is 3.96. The Morgan fingerprint density at radius 1 is 1.27 bits per heavy atom. The summed E-state index contributed by atoms with van der Waals surface area (Å²) in [6.07, 6.45) is 6.87. The highest BCUT2D eigenvalue weighted by atomic mass is 32.2. The molecule has 1 aromatic rings. The molecular weight excluding hydrogens is 370 g/mol. The average Bonchev–Trinajstić information content (AvgIpc) is 3.35. The van der Waals surface area contributed by atoms with Crippen molar-refractivity contribution in [2.75, 3.05) is 20.4 Å². The maximum atomic E-state index is 12.9. The van der Waals surface area contributed by atoms with Crippen molar-refractivity contribution in [1.82, 2.24) is 4.90 Å². The molecule has 0 unspecified atom stereocenters. The first-order valence-electron chi connectivity index (χ1n) is 9.14. The highest BCUT2D eigenvalue weighted by molar-refractivity contribution is 8.24. The van der Waals surface area contributed by atoms with Gasteiger partial charge in [0.05, 0.1) is 12.4 Å². The fraction of sp³-hybridized carbons (Fsp3) is 0.579. The SMILES string of the molecule is COc1cc2c(cc1C[C@@H]1SC(=S)N(CCC3CCCC3)C1=O)OCO2. The van der Waals surface area contributed by atoms with Gasteiger partial charge in [0, 0.05) is 12.6 Å². The second-order valence-electron chi connectivity index (χ2n) is 7.02. The van der Waals surface area contributed by atoms with E-state index in [9.17, 15) is 4.79 Å². The Morgan fingerprint density at radius 2 is 2.00 bits per heavy atom. The second kappa shape index (κ2) is 7.64. The van der Waals surface area contributed by atoms with E-state index in [0.29, 0.717) is 22.2 Å². The minimum atomic E-state index is -0.194. The van der Waals surface area contributed by atoms with Crippen LogP contribution < -0.4 is 14.2 Å². The molecule has 2 aliphatic heterocycles. The van der Waals surface area contributed by atoms with E-state index in [1.165, 1.54) is 37.4 Å². The van der Waals surface area contributed by atoms with Crippen molar-refractivity contribution in [2.45, 2.75) is 43.8 Å². The molecule has 0 radical (unpaired) electrons. The van der Waals surface area contributed by atoms with Crippen LogP contribution in [-0.2, 0) is 11.2 Å². The van der Waals surface area contributed by atoms with Crippen LogP contribution in [0.15, 0.2) is 12.1 Å². The van der Waals surface area contributed by atoms with Gasteiger partial charge in [0.25, 0.3) is 0 Å². The lowest BCUT2D eigenvalue weighted by molar-refractivity contribution is -0.126. The summed E-state index contributed by atoms with van der Waals surface area (Å²) < 4.78 is 17.0. The second-order valence-corrected chi connectivity index (χ2v) is 8.86. The number of rotatable bonds is 6. The van der Waals surface area contributed by atoms with E-state index in [2.05, 4.69) is 0 Å². The standard InChI is InChI=1S/C19H23NO4S2/c1-22-14-10-16-15(23-11-24-16)8-13(14)9-17-18(21)20(19(25)26-17)7-6-12-4-2-3-5-12/h8,10,12,17H,2-7,9,11H2,1H3/t17-/m0/s1. The normalized spacial score (nSPS) is 22.5. The summed E-state index contributed by atoms with van der Waals surface area (Å²) >= 11 is 6.98. The molecule has 0 aromatic heterocycles. The van der Waals surface area contributed by atoms with Crippen molar-refractivity contribution in [3.63, 3.8) is 0 Å². The number of ether oxygens (including phenoxy) is 3. The number of carbonyl (C=O) groups excluding carboxylic acids is 1. The lowest BCUT2D eigenvalue weighted by Crippen LogP contribution is -2.33. The molecule has 3 aliphatic rings. The summed E-state index contributed by atoms with van der Waals surface area (Å²) in [7, 11) is 1.63. The fourth-order valence-corrected chi connectivity index (χ4v) is 5.53. The molecule has 140 valence electrons. The van der Waals surface area contributed by atoms with E-state index in [4.69, 9.17) is 26.4 Å². The Kier molecular flexibility index (Phi) is 5.27. The van der Waals surface area contributed by atoms with Gasteiger partial charge in [-0.3, -0.25) is 9.69 Å². The number of carbonyl (C=O) groups is 1. The van der Waals surface area contributed by atoms with Crippen molar-refractivity contribution in [2.24, 2.45) is 5.92 Å². The number of amides is 1. The number of hydrogen-bond donors (Lipinski definition) is 0. The maximum Gasteiger partial charge on any atom is 0.241 e. The van der Waals surface area contributed by atoms with Crippen molar-refractivity contribution >= 4 is 34.2 Å². The molecule has 0 N–H and O–H groups in total. The predicted molar refractivity (Wildman–Crippen MR) is 105 cm³/mol. The minimum Gasteiger partial charge on any atom is -0.496 e. The third-order valence-electron chi connectivity index (χ3n) is 5.42. The maximum absolute atomic E-state index is 12.9. The summed E-state index contributed by atoms with van der Waals surface area (Å²) in [5.41, 5.74) is 0.947. The Labute approximate surface area is 163 Å². The zero-order valence-corrected chi connectivity index (χ0v) is 16.5. The molecule has 1 atom stereocenters. The molecule has 1 saturated heterocycles. The van der Waals surface area contributed by atoms with Crippen LogP contribution in [0.5, 0.6) is 17.2 Å². The van der Waals surface area contributed by atoms with E-state index in [1.54, 1.807) is 7.11 Å². The summed E-state index contributed by atoms with van der Waals surface area (Å²) in [4.78, 5) is 14.7. The van der Waals surface area contributed by atoms with Crippen LogP contribution in [0, 0.1) is 5.92 Å². The summed E-state index contributed by atoms with van der Waals surface area (Å²) in [5.74, 6) is 2.99. The molecule has 1 saturated carbocycles. The first kappa shape index (κ1) is 17.9. The van der Waals surface area contributed by atoms with Gasteiger partial charge in [-0.1, -0.05) is 49.7 Å². The number of benzene rings is 1. The largest absolute Gasteiger partial charge is 0.496 e. The number of nitrogens with zero attached hydrogens (tertiary/aromatic N) is 1. The minimum absolute atomic E-state index is 0.123. The van der Waals surface area contributed by atoms with Crippen molar-refractivity contribution in [3.05, 3.63) is 17.7 Å². The molecular formula is C19H23NO4S2. The van der Waals surface area contributed by atoms with Gasteiger partial charge in [-0.05, 0) is 30.4 Å². The Balaban J connectivity index is 1.44. The highest BCUT2D eigenvalue weighted by Gasteiger charge is 2.37. The van der Waals surface area contributed by atoms with Gasteiger partial charge in [0.15, 0.2) is 11.5 Å². The molecule has 1 aromatic carbocycles. The van der Waals surface area contributed by atoms with Gasteiger partial charge in [0.2, 0.25) is 12.7 Å². The molecule has 1 amide bonds. The number of methoxy groups -OCH3 is 1. The molecule has 2 fully saturated rings. The van der Waals surface area contributed by atoms with E-state index in [1.807, 2.05) is 17.0 Å². The van der Waals surface area contributed by atoms with Crippen LogP contribution in [0.3, 0.4) is 0 Å². The topological polar surface area (TPSA) is 48.0 Å². The number of hydrogen-bond acceptors (Lipinski definition) is 6. The first-order chi connectivity index (χ1) is 12.7. The molecule has 2 heterocycles. The van der Waals surface area contributed by atoms with Crippen LogP contribution in [0.25, 0.3) is 0 Å². The summed E-state index contributed by atoms with van der Waals surface area (Å²) in [6.45, 7) is 0.974. The van der Waals surface area contributed by atoms with Crippen molar-refractivity contribution in [3.8, 4) is 17.2 Å². The van der Waals surface area contributed by atoms with Crippen molar-refractivity contribution < 1.29 is 19.0 Å². The Morgan fingerprint density at radius 3 is 2.73 bits per heavy atom. The number of thioether (sulfide) groups is 1. The van der Waals surface area contributed by atoms with Crippen LogP contribution in [0.4, 0.5) is 0 Å². The molecule has 26 heavy (non-hydrogen) atoms. The molecule has 0 bridgehead atoms. The van der Waals surface area contributed by atoms with Crippen molar-refractivity contribution in [1.29, 1.82) is 0 Å². The van der Waals surface area contributed by atoms with Gasteiger partial charge >= 0.3 is 0 Å². The summed E-state index contributed by atoms with van der Waals surface area (Å²) in [6, 6.07) is 3.75. The van der Waals surface area contributed by atoms with E-state index in [-0.39, 0.29) is 18.0 Å². The molecule has 7 heteroatoms. The van der Waals surface area contributed by atoms with Crippen LogP contribution in [0.1, 0.15) is 37.7 Å². The third-order valence-corrected chi connectivity index (χ3v) is 7.01. The van der Waals surface area contributed by atoms with E-state index < -0.39 is 0 Å². The molecule has 1 aliphatic carbocycles.